The summed E-state index contributed by atoms with van der Waals surface area (Å²) in [7, 11) is 1.67. The molecule has 3 aromatic rings. The van der Waals surface area contributed by atoms with E-state index in [9.17, 15) is 4.39 Å². The van der Waals surface area contributed by atoms with Gasteiger partial charge in [-0.1, -0.05) is 32.0 Å². The first kappa shape index (κ1) is 16.4. The van der Waals surface area contributed by atoms with E-state index in [4.69, 9.17) is 5.73 Å². The highest BCUT2D eigenvalue weighted by molar-refractivity contribution is 5.99. The van der Waals surface area contributed by atoms with Crippen molar-refractivity contribution in [3.05, 3.63) is 53.1 Å². The van der Waals surface area contributed by atoms with Crippen LogP contribution >= 0.6 is 0 Å². The molecule has 0 aliphatic heterocycles. The summed E-state index contributed by atoms with van der Waals surface area (Å²) in [5, 5.41) is 7.22. The number of benzene rings is 1. The molecule has 0 bridgehead atoms. The second-order valence-corrected chi connectivity index (χ2v) is 7.20. The Kier molecular flexibility index (Phi) is 3.64. The third kappa shape index (κ3) is 2.33. The maximum absolute atomic E-state index is 14.8. The number of fused-ring (bicyclic) bond motifs is 3. The zero-order valence-electron chi connectivity index (χ0n) is 15.0. The molecule has 0 atom stereocenters. The van der Waals surface area contributed by atoms with Crippen molar-refractivity contribution < 1.29 is 4.39 Å². The highest BCUT2D eigenvalue weighted by Crippen LogP contribution is 2.48. The summed E-state index contributed by atoms with van der Waals surface area (Å²) in [5.41, 5.74) is 11.6. The van der Waals surface area contributed by atoms with Crippen molar-refractivity contribution in [1.29, 1.82) is 0 Å². The van der Waals surface area contributed by atoms with E-state index in [0.717, 1.165) is 34.5 Å². The second kappa shape index (κ2) is 5.76. The van der Waals surface area contributed by atoms with E-state index in [2.05, 4.69) is 34.0 Å². The Morgan fingerprint density at radius 2 is 2.04 bits per heavy atom. The molecule has 0 unspecified atom stereocenters. The Balaban J connectivity index is 2.18. The van der Waals surface area contributed by atoms with Gasteiger partial charge in [0, 0.05) is 41.2 Å². The summed E-state index contributed by atoms with van der Waals surface area (Å²) in [4.78, 5) is 8.79. The maximum Gasteiger partial charge on any atom is 0.133 e. The number of anilines is 1. The first-order valence-corrected chi connectivity index (χ1v) is 8.47. The highest BCUT2D eigenvalue weighted by Gasteiger charge is 2.37. The lowest BCUT2D eigenvalue weighted by Gasteiger charge is -2.34. The van der Waals surface area contributed by atoms with Crippen LogP contribution in [0.3, 0.4) is 0 Å². The zero-order valence-corrected chi connectivity index (χ0v) is 15.0. The average molecular weight is 349 g/mol. The van der Waals surface area contributed by atoms with Gasteiger partial charge in [-0.3, -0.25) is 10.1 Å². The molecule has 0 saturated carbocycles. The summed E-state index contributed by atoms with van der Waals surface area (Å²) < 4.78 is 14.8. The lowest BCUT2D eigenvalue weighted by atomic mass is 9.70. The number of aromatic nitrogens is 3. The van der Waals surface area contributed by atoms with Crippen LogP contribution < -0.4 is 5.73 Å². The average Bonchev–Trinajstić information content (AvgIpc) is 3.04. The van der Waals surface area contributed by atoms with Crippen molar-refractivity contribution in [3.63, 3.8) is 0 Å². The summed E-state index contributed by atoms with van der Waals surface area (Å²) in [6.07, 6.45) is 4.17. The van der Waals surface area contributed by atoms with E-state index < -0.39 is 0 Å². The third-order valence-electron chi connectivity index (χ3n) is 4.93. The fraction of sp³-hybridized carbons (Fsp3) is 0.250. The van der Waals surface area contributed by atoms with Crippen LogP contribution in [-0.2, 0) is 11.8 Å². The van der Waals surface area contributed by atoms with Crippen molar-refractivity contribution in [2.75, 3.05) is 12.8 Å². The number of pyridine rings is 1. The van der Waals surface area contributed by atoms with Gasteiger partial charge >= 0.3 is 0 Å². The molecule has 0 spiro atoms. The van der Waals surface area contributed by atoms with Gasteiger partial charge in [-0.05, 0) is 23.5 Å². The van der Waals surface area contributed by atoms with Crippen molar-refractivity contribution in [2.45, 2.75) is 25.7 Å². The number of rotatable bonds is 2. The van der Waals surface area contributed by atoms with E-state index in [1.807, 2.05) is 6.07 Å². The maximum atomic E-state index is 14.8. The number of nitrogen functional groups attached to an aromatic ring is 1. The number of hydrogen-bond acceptors (Lipinski definition) is 4. The van der Waals surface area contributed by atoms with Gasteiger partial charge in [-0.15, -0.1) is 0 Å². The number of nitrogens with zero attached hydrogens (tertiary/aromatic N) is 3. The Bertz CT molecular complexity index is 1030. The number of nitrogens with one attached hydrogen (secondary N) is 1. The number of nitrogens with two attached hydrogens (primary N) is 1. The molecule has 2 aromatic heterocycles. The molecule has 0 saturated heterocycles. The lowest BCUT2D eigenvalue weighted by molar-refractivity contribution is 0.508. The molecule has 0 amide bonds. The number of aromatic amines is 1. The van der Waals surface area contributed by atoms with E-state index in [1.165, 1.54) is 6.07 Å². The lowest BCUT2D eigenvalue weighted by Crippen LogP contribution is -2.28. The summed E-state index contributed by atoms with van der Waals surface area (Å²) in [6.45, 7) is 4.26. The van der Waals surface area contributed by atoms with Gasteiger partial charge in [-0.2, -0.15) is 5.10 Å². The minimum atomic E-state index is -0.292. The van der Waals surface area contributed by atoms with Gasteiger partial charge in [-0.25, -0.2) is 9.37 Å². The molecule has 0 fully saturated rings. The molecule has 4 rings (SSSR count). The van der Waals surface area contributed by atoms with E-state index in [-0.39, 0.29) is 11.2 Å². The minimum absolute atomic E-state index is 0.274. The molecule has 1 aromatic carbocycles. The summed E-state index contributed by atoms with van der Waals surface area (Å²) in [6, 6.07) is 6.75. The normalized spacial score (nSPS) is 15.1. The molecule has 5 nitrogen and oxygen atoms in total. The standard InChI is InChI=1S/C20H20FN5/c1-20(2)8-15-12(10-24-26-15)18-17(20)16(11-6-4-5-7-14(11)21)13(9-23-3)19(22)25-18/h4-7,9-10H,8H2,1-3H3,(H2,22,25)(H,24,26). The molecule has 26 heavy (non-hydrogen) atoms. The first-order valence-electron chi connectivity index (χ1n) is 8.47. The number of halogens is 1. The monoisotopic (exact) mass is 349 g/mol. The molecule has 132 valence electrons. The summed E-state index contributed by atoms with van der Waals surface area (Å²) >= 11 is 0. The van der Waals surface area contributed by atoms with Gasteiger partial charge in [0.1, 0.15) is 11.6 Å². The Morgan fingerprint density at radius 1 is 1.27 bits per heavy atom. The second-order valence-electron chi connectivity index (χ2n) is 7.20. The van der Waals surface area contributed by atoms with Crippen molar-refractivity contribution >= 4 is 12.0 Å². The molecule has 1 aliphatic rings. The molecule has 0 radical (unpaired) electrons. The van der Waals surface area contributed by atoms with E-state index in [0.29, 0.717) is 16.9 Å². The number of H-pyrrole nitrogens is 1. The van der Waals surface area contributed by atoms with E-state index >= 15 is 0 Å². The first-order chi connectivity index (χ1) is 12.4. The number of aliphatic imine (C=N–C) groups is 1. The van der Waals surface area contributed by atoms with Crippen molar-refractivity contribution in [3.8, 4) is 22.4 Å². The predicted molar refractivity (Wildman–Crippen MR) is 102 cm³/mol. The van der Waals surface area contributed by atoms with Crippen LogP contribution in [0, 0.1) is 5.82 Å². The zero-order chi connectivity index (χ0) is 18.5. The van der Waals surface area contributed by atoms with E-state index in [1.54, 1.807) is 31.6 Å². The van der Waals surface area contributed by atoms with Crippen LogP contribution in [0.1, 0.15) is 30.7 Å². The van der Waals surface area contributed by atoms with Crippen LogP contribution in [-0.4, -0.2) is 28.4 Å². The van der Waals surface area contributed by atoms with Crippen LogP contribution in [0.4, 0.5) is 10.2 Å². The van der Waals surface area contributed by atoms with Gasteiger partial charge in [0.05, 0.1) is 11.9 Å². The topological polar surface area (TPSA) is 80.0 Å². The predicted octanol–water partition coefficient (Wildman–Crippen LogP) is 3.74. The van der Waals surface area contributed by atoms with Crippen LogP contribution in [0.2, 0.25) is 0 Å². The Labute approximate surface area is 151 Å². The molecule has 6 heteroatoms. The fourth-order valence-corrected chi connectivity index (χ4v) is 3.86. The number of hydrogen-bond donors (Lipinski definition) is 2. The Hall–Kier alpha value is -3.02. The summed E-state index contributed by atoms with van der Waals surface area (Å²) in [5.74, 6) is 0.0392. The van der Waals surface area contributed by atoms with Crippen LogP contribution in [0.25, 0.3) is 22.4 Å². The Morgan fingerprint density at radius 3 is 2.77 bits per heavy atom. The van der Waals surface area contributed by atoms with Gasteiger partial charge in [0.15, 0.2) is 0 Å². The van der Waals surface area contributed by atoms with Crippen LogP contribution in [0.5, 0.6) is 0 Å². The molecule has 2 heterocycles. The van der Waals surface area contributed by atoms with Crippen molar-refractivity contribution in [2.24, 2.45) is 4.99 Å². The fourth-order valence-electron chi connectivity index (χ4n) is 3.86. The molecular weight excluding hydrogens is 329 g/mol. The quantitative estimate of drug-likeness (QED) is 0.692. The molecule has 3 N–H and O–H groups in total. The SMILES string of the molecule is CN=Cc1c(N)nc2c(c1-c1ccccc1F)C(C)(C)Cc1[nH]ncc1-2. The molecular formula is C20H20FN5. The highest BCUT2D eigenvalue weighted by atomic mass is 19.1. The van der Waals surface area contributed by atoms with Gasteiger partial charge in [0.2, 0.25) is 0 Å². The third-order valence-corrected chi connectivity index (χ3v) is 4.93. The van der Waals surface area contributed by atoms with Gasteiger partial charge < -0.3 is 5.73 Å². The smallest absolute Gasteiger partial charge is 0.133 e. The van der Waals surface area contributed by atoms with Crippen molar-refractivity contribution in [1.82, 2.24) is 15.2 Å². The van der Waals surface area contributed by atoms with Gasteiger partial charge in [0.25, 0.3) is 0 Å². The largest absolute Gasteiger partial charge is 0.383 e. The van der Waals surface area contributed by atoms with Crippen LogP contribution in [0.15, 0.2) is 35.5 Å². The minimum Gasteiger partial charge on any atom is -0.383 e. The molecule has 1 aliphatic carbocycles.